The molecule has 0 bridgehead atoms. The maximum Gasteiger partial charge on any atom is 0.197 e. The molecule has 0 aliphatic heterocycles. The van der Waals surface area contributed by atoms with Gasteiger partial charge in [-0.25, -0.2) is 0 Å². The van der Waals surface area contributed by atoms with Gasteiger partial charge in [0.1, 0.15) is 0 Å². The van der Waals surface area contributed by atoms with Crippen LogP contribution < -0.4 is 0 Å². The Morgan fingerprint density at radius 2 is 0.841 bits per heavy atom. The van der Waals surface area contributed by atoms with Crippen molar-refractivity contribution in [2.24, 2.45) is 11.8 Å². The lowest BCUT2D eigenvalue weighted by molar-refractivity contribution is 0.0975. The Labute approximate surface area is 255 Å². The summed E-state index contributed by atoms with van der Waals surface area (Å²) in [4.78, 5) is 52.5. The molecule has 0 saturated carbocycles. The zero-order valence-electron chi connectivity index (χ0n) is 25.0. The fourth-order valence-electron chi connectivity index (χ4n) is 7.09. The predicted molar refractivity (Wildman–Crippen MR) is 174 cm³/mol. The normalized spacial score (nSPS) is 14.6. The molecule has 2 aliphatic carbocycles. The van der Waals surface area contributed by atoms with E-state index in [1.165, 1.54) is 0 Å². The minimum Gasteiger partial charge on any atom is -0.337 e. The Morgan fingerprint density at radius 1 is 0.500 bits per heavy atom. The summed E-state index contributed by atoms with van der Waals surface area (Å²) >= 11 is 0. The highest BCUT2D eigenvalue weighted by Crippen LogP contribution is 2.39. The van der Waals surface area contributed by atoms with Crippen LogP contribution in [0, 0.1) is 11.8 Å². The lowest BCUT2D eigenvalue weighted by Gasteiger charge is -2.29. The zero-order valence-corrected chi connectivity index (χ0v) is 25.0. The van der Waals surface area contributed by atoms with Gasteiger partial charge in [-0.2, -0.15) is 0 Å². The molecule has 5 heteroatoms. The minimum atomic E-state index is -0.246. The molecule has 0 N–H and O–H groups in total. The molecule has 0 atom stereocenters. The zero-order chi connectivity index (χ0) is 30.9. The fraction of sp³-hybridized carbons (Fsp3) is 0.179. The summed E-state index contributed by atoms with van der Waals surface area (Å²) in [6.07, 6.45) is 3.41. The van der Waals surface area contributed by atoms with E-state index >= 15 is 0 Å². The second-order valence-electron chi connectivity index (χ2n) is 12.4. The molecule has 0 amide bonds. The van der Waals surface area contributed by atoms with Crippen molar-refractivity contribution in [1.29, 1.82) is 0 Å². The van der Waals surface area contributed by atoms with Gasteiger partial charge in [0.15, 0.2) is 23.1 Å². The number of ketones is 4. The number of benzene rings is 4. The van der Waals surface area contributed by atoms with Gasteiger partial charge >= 0.3 is 0 Å². The van der Waals surface area contributed by atoms with E-state index in [1.54, 1.807) is 60.7 Å². The largest absolute Gasteiger partial charge is 0.337 e. The fourth-order valence-corrected chi connectivity index (χ4v) is 7.09. The molecule has 0 spiro atoms. The van der Waals surface area contributed by atoms with Gasteiger partial charge < -0.3 is 4.57 Å². The number of carbonyl (C=O) groups is 4. The first-order chi connectivity index (χ1) is 21.2. The summed E-state index contributed by atoms with van der Waals surface area (Å²) in [5, 5.41) is 2.11. The summed E-state index contributed by atoms with van der Waals surface area (Å²) in [7, 11) is 0. The summed E-state index contributed by atoms with van der Waals surface area (Å²) < 4.78 is 2.35. The highest BCUT2D eigenvalue weighted by atomic mass is 16.2. The van der Waals surface area contributed by atoms with Crippen LogP contribution in [0.4, 0.5) is 0 Å². The SMILES string of the molecule is CC(C)C(C(C)C)n1c2cc(C=C3C(=O)c4ccccc4C3=O)ccc2c2ccc(C=C3C(=O)c4ccccc4C3=O)cc21. The molecular weight excluding hydrogens is 546 g/mol. The van der Waals surface area contributed by atoms with Crippen molar-refractivity contribution in [3.8, 4) is 0 Å². The lowest BCUT2D eigenvalue weighted by Crippen LogP contribution is -2.20. The van der Waals surface area contributed by atoms with Crippen LogP contribution in [0.5, 0.6) is 0 Å². The van der Waals surface area contributed by atoms with E-state index in [4.69, 9.17) is 0 Å². The number of hydrogen-bond donors (Lipinski definition) is 0. The summed E-state index contributed by atoms with van der Waals surface area (Å²) in [6, 6.07) is 26.2. The molecule has 5 nitrogen and oxygen atoms in total. The Kier molecular flexibility index (Phi) is 6.43. The molecule has 5 aromatic rings. The standard InChI is InChI=1S/C39H31NO4/c1-21(2)35(22(3)4)40-33-19-23(17-31-36(41)27-9-5-6-10-28(27)37(31)42)13-15-25(33)26-16-14-24(20-34(26)40)18-32-38(43)29-11-7-8-12-30(29)39(32)44/h5-22,35H,1-4H3. The molecule has 4 aromatic carbocycles. The molecule has 2 aliphatic rings. The molecule has 44 heavy (non-hydrogen) atoms. The van der Waals surface area contributed by atoms with Crippen LogP contribution in [0.25, 0.3) is 34.0 Å². The Bertz CT molecular complexity index is 1930. The summed E-state index contributed by atoms with van der Waals surface area (Å²) in [5.74, 6) is -0.377. The number of rotatable bonds is 5. The van der Waals surface area contributed by atoms with E-state index in [0.717, 1.165) is 32.9 Å². The average Bonchev–Trinajstić information content (AvgIpc) is 3.54. The van der Waals surface area contributed by atoms with E-state index in [1.807, 2.05) is 24.3 Å². The van der Waals surface area contributed by atoms with Crippen molar-refractivity contribution in [3.63, 3.8) is 0 Å². The highest BCUT2D eigenvalue weighted by molar-refractivity contribution is 6.42. The van der Waals surface area contributed by atoms with Crippen LogP contribution in [-0.2, 0) is 0 Å². The van der Waals surface area contributed by atoms with Crippen molar-refractivity contribution < 1.29 is 19.2 Å². The van der Waals surface area contributed by atoms with Crippen LogP contribution in [0.3, 0.4) is 0 Å². The summed E-state index contributed by atoms with van der Waals surface area (Å²) in [5.41, 5.74) is 5.70. The quantitative estimate of drug-likeness (QED) is 0.155. The van der Waals surface area contributed by atoms with E-state index in [2.05, 4.69) is 44.4 Å². The number of nitrogens with zero attached hydrogens (tertiary/aromatic N) is 1. The van der Waals surface area contributed by atoms with E-state index < -0.39 is 0 Å². The Balaban J connectivity index is 1.40. The number of fused-ring (bicyclic) bond motifs is 5. The van der Waals surface area contributed by atoms with Gasteiger partial charge in [-0.3, -0.25) is 19.2 Å². The van der Waals surface area contributed by atoms with Gasteiger partial charge in [0, 0.05) is 50.1 Å². The second kappa shape index (κ2) is 10.2. The van der Waals surface area contributed by atoms with E-state index in [0.29, 0.717) is 34.1 Å². The molecule has 0 saturated heterocycles. The maximum absolute atomic E-state index is 13.1. The van der Waals surface area contributed by atoms with Crippen molar-refractivity contribution in [2.75, 3.05) is 0 Å². The number of hydrogen-bond acceptors (Lipinski definition) is 4. The van der Waals surface area contributed by atoms with Crippen LogP contribution in [0.1, 0.15) is 86.3 Å². The molecule has 1 aromatic heterocycles. The van der Waals surface area contributed by atoms with Gasteiger partial charge in [0.2, 0.25) is 0 Å². The smallest absolute Gasteiger partial charge is 0.197 e. The molecule has 1 heterocycles. The monoisotopic (exact) mass is 577 g/mol. The third-order valence-electron chi connectivity index (χ3n) is 8.95. The van der Waals surface area contributed by atoms with Crippen molar-refractivity contribution in [1.82, 2.24) is 4.57 Å². The van der Waals surface area contributed by atoms with E-state index in [-0.39, 0.29) is 40.3 Å². The highest BCUT2D eigenvalue weighted by Gasteiger charge is 2.34. The first kappa shape index (κ1) is 27.7. The average molecular weight is 578 g/mol. The van der Waals surface area contributed by atoms with E-state index in [9.17, 15) is 19.2 Å². The van der Waals surface area contributed by atoms with Gasteiger partial charge in [-0.05, 0) is 47.2 Å². The van der Waals surface area contributed by atoms with Crippen molar-refractivity contribution in [3.05, 3.63) is 129 Å². The van der Waals surface area contributed by atoms with Crippen LogP contribution >= 0.6 is 0 Å². The second-order valence-corrected chi connectivity index (χ2v) is 12.4. The molecular formula is C39H31NO4. The van der Waals surface area contributed by atoms with Crippen LogP contribution in [0.2, 0.25) is 0 Å². The van der Waals surface area contributed by atoms with Crippen LogP contribution in [-0.4, -0.2) is 27.7 Å². The van der Waals surface area contributed by atoms with Gasteiger partial charge in [-0.15, -0.1) is 0 Å². The maximum atomic E-state index is 13.1. The summed E-state index contributed by atoms with van der Waals surface area (Å²) in [6.45, 7) is 8.83. The van der Waals surface area contributed by atoms with Crippen LogP contribution in [0.15, 0.2) is 96.1 Å². The number of aromatic nitrogens is 1. The lowest BCUT2D eigenvalue weighted by atomic mass is 9.92. The third kappa shape index (κ3) is 4.15. The predicted octanol–water partition coefficient (Wildman–Crippen LogP) is 8.57. The number of allylic oxidation sites excluding steroid dienone is 2. The topological polar surface area (TPSA) is 73.2 Å². The first-order valence-electron chi connectivity index (χ1n) is 15.0. The van der Waals surface area contributed by atoms with Crippen molar-refractivity contribution in [2.45, 2.75) is 33.7 Å². The first-order valence-corrected chi connectivity index (χ1v) is 15.0. The number of carbonyl (C=O) groups excluding carboxylic acids is 4. The van der Waals surface area contributed by atoms with Gasteiger partial charge in [-0.1, -0.05) is 100 Å². The molecule has 216 valence electrons. The van der Waals surface area contributed by atoms with Gasteiger partial charge in [0.05, 0.1) is 11.1 Å². The molecule has 0 radical (unpaired) electrons. The minimum absolute atomic E-state index is 0.138. The van der Waals surface area contributed by atoms with Gasteiger partial charge in [0.25, 0.3) is 0 Å². The molecule has 0 fully saturated rings. The Hall–Kier alpha value is -5.16. The molecule has 7 rings (SSSR count). The van der Waals surface area contributed by atoms with Crippen molar-refractivity contribution >= 4 is 57.1 Å². The molecule has 0 unspecified atom stereocenters. The number of Topliss-reactive ketones (excluding diaryl/α,β-unsaturated/α-hetero) is 4. The third-order valence-corrected chi connectivity index (χ3v) is 8.95. The Morgan fingerprint density at radius 3 is 1.16 bits per heavy atom.